The lowest BCUT2D eigenvalue weighted by molar-refractivity contribution is 0.474. The van der Waals surface area contributed by atoms with Crippen molar-refractivity contribution < 1.29 is 10.2 Å². The summed E-state index contributed by atoms with van der Waals surface area (Å²) in [6.45, 7) is 6.18. The van der Waals surface area contributed by atoms with E-state index in [0.717, 1.165) is 82.4 Å². The zero-order valence-corrected chi connectivity index (χ0v) is 26.8. The van der Waals surface area contributed by atoms with Gasteiger partial charge in [0.1, 0.15) is 11.5 Å². The van der Waals surface area contributed by atoms with Crippen LogP contribution in [0.1, 0.15) is 50.7 Å². The molecule has 4 N–H and O–H groups in total. The summed E-state index contributed by atoms with van der Waals surface area (Å²) in [6.07, 6.45) is 7.65. The van der Waals surface area contributed by atoms with Gasteiger partial charge in [-0.15, -0.1) is 0 Å². The summed E-state index contributed by atoms with van der Waals surface area (Å²) >= 11 is 0. The number of aromatic hydroxyl groups is 2. The number of phenolic OH excluding ortho intramolecular Hbond substituents is 2. The Kier molecular flexibility index (Phi) is 8.12. The molecule has 7 rings (SSSR count). The van der Waals surface area contributed by atoms with Gasteiger partial charge in [-0.05, 0) is 67.4 Å². The van der Waals surface area contributed by atoms with Crippen molar-refractivity contribution in [3.8, 4) is 11.5 Å². The first kappa shape index (κ1) is 30.1. The number of para-hydroxylation sites is 2. The van der Waals surface area contributed by atoms with Crippen molar-refractivity contribution in [1.82, 2.24) is 9.13 Å². The molecule has 0 saturated carbocycles. The normalized spacial score (nSPS) is 12.2. The Morgan fingerprint density at radius 1 is 0.574 bits per heavy atom. The molecule has 5 aromatic carbocycles. The predicted molar refractivity (Wildman–Crippen MR) is 197 cm³/mol. The van der Waals surface area contributed by atoms with Gasteiger partial charge in [0.05, 0.1) is 22.4 Å². The summed E-state index contributed by atoms with van der Waals surface area (Å²) in [7, 11) is 0. The van der Waals surface area contributed by atoms with Gasteiger partial charge in [0.25, 0.3) is 0 Å². The van der Waals surface area contributed by atoms with E-state index in [4.69, 9.17) is 15.7 Å². The average molecular weight is 622 g/mol. The molecule has 47 heavy (non-hydrogen) atoms. The molecule has 0 atom stereocenters. The standard InChI is InChI=1S/C40H39N5O2/c1-3-5-17-44-35-13-9-7-11-29(35)31-22-39(46)26(19-37(31)44)24-42-33-16-15-28(41)21-34(33)43-25-27-20-38-32(23-40(27)47)30-12-8-10-14-36(30)45(38)18-6-4-2/h7-16,19-25,46-47H,3-6,17-18,41H2,1-2H3. The molecule has 0 amide bonds. The van der Waals surface area contributed by atoms with Crippen LogP contribution in [0, 0.1) is 0 Å². The van der Waals surface area contributed by atoms with Crippen LogP contribution in [0.4, 0.5) is 17.1 Å². The van der Waals surface area contributed by atoms with E-state index in [9.17, 15) is 10.2 Å². The van der Waals surface area contributed by atoms with Crippen LogP contribution < -0.4 is 5.73 Å². The second-order valence-corrected chi connectivity index (χ2v) is 12.2. The zero-order valence-electron chi connectivity index (χ0n) is 26.8. The number of rotatable bonds is 10. The van der Waals surface area contributed by atoms with Crippen molar-refractivity contribution in [3.05, 3.63) is 102 Å². The van der Waals surface area contributed by atoms with Gasteiger partial charge in [-0.25, -0.2) is 0 Å². The highest BCUT2D eigenvalue weighted by Gasteiger charge is 2.15. The molecule has 0 bridgehead atoms. The topological polar surface area (TPSA) is 101 Å². The first-order valence-corrected chi connectivity index (χ1v) is 16.4. The van der Waals surface area contributed by atoms with Crippen molar-refractivity contribution in [2.24, 2.45) is 9.98 Å². The van der Waals surface area contributed by atoms with Gasteiger partial charge in [0.2, 0.25) is 0 Å². The highest BCUT2D eigenvalue weighted by atomic mass is 16.3. The van der Waals surface area contributed by atoms with Crippen molar-refractivity contribution in [1.29, 1.82) is 0 Å². The first-order valence-electron chi connectivity index (χ1n) is 16.4. The van der Waals surface area contributed by atoms with Gasteiger partial charge in [-0.1, -0.05) is 63.1 Å². The van der Waals surface area contributed by atoms with Gasteiger partial charge in [0, 0.05) is 74.9 Å². The van der Waals surface area contributed by atoms with Crippen molar-refractivity contribution in [3.63, 3.8) is 0 Å². The highest BCUT2D eigenvalue weighted by molar-refractivity contribution is 6.11. The molecule has 0 spiro atoms. The fourth-order valence-corrected chi connectivity index (χ4v) is 6.55. The number of nitrogens with zero attached hydrogens (tertiary/aromatic N) is 4. The van der Waals surface area contributed by atoms with Gasteiger partial charge < -0.3 is 25.1 Å². The van der Waals surface area contributed by atoms with Crippen molar-refractivity contribution in [2.45, 2.75) is 52.6 Å². The maximum atomic E-state index is 11.1. The van der Waals surface area contributed by atoms with E-state index in [0.29, 0.717) is 28.2 Å². The minimum Gasteiger partial charge on any atom is -0.507 e. The van der Waals surface area contributed by atoms with Crippen LogP contribution in [0.25, 0.3) is 43.6 Å². The van der Waals surface area contributed by atoms with Crippen LogP contribution >= 0.6 is 0 Å². The number of aromatic nitrogens is 2. The molecule has 0 radical (unpaired) electrons. The van der Waals surface area contributed by atoms with E-state index in [-0.39, 0.29) is 11.5 Å². The van der Waals surface area contributed by atoms with Gasteiger partial charge in [-0.3, -0.25) is 9.98 Å². The van der Waals surface area contributed by atoms with Crippen LogP contribution in [-0.4, -0.2) is 31.8 Å². The number of fused-ring (bicyclic) bond motifs is 6. The summed E-state index contributed by atoms with van der Waals surface area (Å²) in [6, 6.07) is 29.7. The minimum absolute atomic E-state index is 0.158. The third kappa shape index (κ3) is 5.58. The molecule has 2 heterocycles. The third-order valence-electron chi connectivity index (χ3n) is 9.00. The van der Waals surface area contributed by atoms with Crippen LogP contribution in [0.5, 0.6) is 11.5 Å². The predicted octanol–water partition coefficient (Wildman–Crippen LogP) is 10.00. The maximum Gasteiger partial charge on any atom is 0.125 e. The SMILES string of the molecule is CCCCn1c2ccccc2c2cc(O)c(C=Nc3ccc(N)cc3N=Cc3cc4c(cc3O)c3ccccc3n4CCCC)cc21. The van der Waals surface area contributed by atoms with Crippen LogP contribution in [0.3, 0.4) is 0 Å². The average Bonchev–Trinajstić information content (AvgIpc) is 3.55. The summed E-state index contributed by atoms with van der Waals surface area (Å²) in [5, 5.41) is 26.4. The number of hydrogen-bond acceptors (Lipinski definition) is 5. The molecule has 7 aromatic rings. The molecule has 7 nitrogen and oxygen atoms in total. The second-order valence-electron chi connectivity index (χ2n) is 12.2. The Balaban J connectivity index is 1.26. The molecule has 7 heteroatoms. The Bertz CT molecular complexity index is 2330. The fraction of sp³-hybridized carbons (Fsp3) is 0.200. The van der Waals surface area contributed by atoms with E-state index in [2.05, 4.69) is 59.4 Å². The monoisotopic (exact) mass is 621 g/mol. The molecular weight excluding hydrogens is 582 g/mol. The minimum atomic E-state index is 0.158. The number of aliphatic imine (C=N–C) groups is 2. The van der Waals surface area contributed by atoms with Crippen molar-refractivity contribution >= 4 is 73.1 Å². The van der Waals surface area contributed by atoms with Crippen LogP contribution in [0.15, 0.2) is 101 Å². The second kappa shape index (κ2) is 12.7. The summed E-state index contributed by atoms with van der Waals surface area (Å²) in [4.78, 5) is 9.52. The lowest BCUT2D eigenvalue weighted by Crippen LogP contribution is -1.97. The highest BCUT2D eigenvalue weighted by Crippen LogP contribution is 2.36. The van der Waals surface area contributed by atoms with Crippen molar-refractivity contribution in [2.75, 3.05) is 5.73 Å². The quantitative estimate of drug-likeness (QED) is 0.105. The molecule has 2 aromatic heterocycles. The first-order chi connectivity index (χ1) is 23.0. The molecule has 0 aliphatic carbocycles. The largest absolute Gasteiger partial charge is 0.507 e. The van der Waals surface area contributed by atoms with Gasteiger partial charge >= 0.3 is 0 Å². The molecule has 0 saturated heterocycles. The Hall–Kier alpha value is -5.56. The summed E-state index contributed by atoms with van der Waals surface area (Å²) in [5.74, 6) is 0.321. The fourth-order valence-electron chi connectivity index (χ4n) is 6.55. The van der Waals surface area contributed by atoms with Crippen LogP contribution in [-0.2, 0) is 13.1 Å². The smallest absolute Gasteiger partial charge is 0.125 e. The lowest BCUT2D eigenvalue weighted by atomic mass is 10.1. The lowest BCUT2D eigenvalue weighted by Gasteiger charge is -2.08. The molecule has 236 valence electrons. The number of nitrogens with two attached hydrogens (primary N) is 1. The zero-order chi connectivity index (χ0) is 32.5. The Morgan fingerprint density at radius 3 is 1.57 bits per heavy atom. The van der Waals surface area contributed by atoms with E-state index in [1.165, 1.54) is 0 Å². The molecule has 0 fully saturated rings. The number of hydrogen-bond donors (Lipinski definition) is 3. The van der Waals surface area contributed by atoms with E-state index in [1.807, 2.05) is 42.5 Å². The Labute approximate surface area is 273 Å². The number of anilines is 1. The number of unbranched alkanes of at least 4 members (excludes halogenated alkanes) is 2. The summed E-state index contributed by atoms with van der Waals surface area (Å²) < 4.78 is 4.65. The molecule has 0 aliphatic heterocycles. The number of phenols is 2. The third-order valence-corrected chi connectivity index (χ3v) is 9.00. The van der Waals surface area contributed by atoms with E-state index < -0.39 is 0 Å². The molecule has 0 unspecified atom stereocenters. The van der Waals surface area contributed by atoms with Crippen LogP contribution in [0.2, 0.25) is 0 Å². The van der Waals surface area contributed by atoms with Gasteiger partial charge in [0.15, 0.2) is 0 Å². The van der Waals surface area contributed by atoms with E-state index >= 15 is 0 Å². The molecular formula is C40H39N5O2. The number of benzene rings is 5. The Morgan fingerprint density at radius 2 is 1.06 bits per heavy atom. The summed E-state index contributed by atoms with van der Waals surface area (Å²) in [5.41, 5.74) is 13.6. The molecule has 0 aliphatic rings. The van der Waals surface area contributed by atoms with Gasteiger partial charge in [-0.2, -0.15) is 0 Å². The number of aryl methyl sites for hydroxylation is 2. The maximum absolute atomic E-state index is 11.1. The van der Waals surface area contributed by atoms with E-state index in [1.54, 1.807) is 24.6 Å². The number of nitrogen functional groups attached to an aromatic ring is 1.